The average Bonchev–Trinajstić information content (AvgIpc) is 2.45. The van der Waals surface area contributed by atoms with Gasteiger partial charge in [-0.1, -0.05) is 34.1 Å². The summed E-state index contributed by atoms with van der Waals surface area (Å²) in [5, 5.41) is 3.35. The van der Waals surface area contributed by atoms with Crippen molar-refractivity contribution in [2.24, 2.45) is 4.99 Å². The highest BCUT2D eigenvalue weighted by Gasteiger charge is 2.07. The molecule has 0 saturated heterocycles. The molecule has 0 aromatic heterocycles. The maximum atomic E-state index is 5.32. The summed E-state index contributed by atoms with van der Waals surface area (Å²) in [6, 6.07) is 8.24. The first-order chi connectivity index (χ1) is 9.69. The van der Waals surface area contributed by atoms with Crippen LogP contribution >= 0.6 is 15.9 Å². The van der Waals surface area contributed by atoms with Crippen molar-refractivity contribution >= 4 is 21.9 Å². The molecular formula is C15H24BrN3O. The van der Waals surface area contributed by atoms with Gasteiger partial charge in [0.15, 0.2) is 5.96 Å². The first-order valence-electron chi connectivity index (χ1n) is 6.92. The first-order valence-corrected chi connectivity index (χ1v) is 7.71. The lowest BCUT2D eigenvalue weighted by molar-refractivity contribution is 0.145. The predicted molar refractivity (Wildman–Crippen MR) is 88.1 cm³/mol. The lowest BCUT2D eigenvalue weighted by Gasteiger charge is -2.22. The number of nitrogens with zero attached hydrogens (tertiary/aromatic N) is 2. The van der Waals surface area contributed by atoms with Gasteiger partial charge in [-0.3, -0.25) is 4.99 Å². The molecule has 0 atom stereocenters. The van der Waals surface area contributed by atoms with Crippen LogP contribution in [0.15, 0.2) is 33.7 Å². The van der Waals surface area contributed by atoms with E-state index in [1.807, 2.05) is 26.1 Å². The molecule has 0 unspecified atom stereocenters. The molecule has 0 radical (unpaired) electrons. The van der Waals surface area contributed by atoms with E-state index in [4.69, 9.17) is 4.74 Å². The van der Waals surface area contributed by atoms with Gasteiger partial charge in [-0.25, -0.2) is 0 Å². The number of ether oxygens (including phenoxy) is 1. The Morgan fingerprint density at radius 2 is 2.15 bits per heavy atom. The molecule has 1 rings (SSSR count). The molecule has 0 fully saturated rings. The topological polar surface area (TPSA) is 36.9 Å². The molecule has 0 spiro atoms. The number of nitrogens with one attached hydrogen (secondary N) is 1. The van der Waals surface area contributed by atoms with Crippen LogP contribution in [-0.2, 0) is 11.3 Å². The fraction of sp³-hybridized carbons (Fsp3) is 0.533. The Bertz CT molecular complexity index is 423. The van der Waals surface area contributed by atoms with Gasteiger partial charge < -0.3 is 15.0 Å². The molecule has 112 valence electrons. The zero-order chi connectivity index (χ0) is 14.8. The van der Waals surface area contributed by atoms with Crippen LogP contribution in [0.5, 0.6) is 0 Å². The monoisotopic (exact) mass is 341 g/mol. The molecule has 1 aromatic rings. The van der Waals surface area contributed by atoms with Crippen molar-refractivity contribution in [2.45, 2.75) is 19.9 Å². The van der Waals surface area contributed by atoms with Gasteiger partial charge in [0.25, 0.3) is 0 Å². The van der Waals surface area contributed by atoms with Gasteiger partial charge >= 0.3 is 0 Å². The van der Waals surface area contributed by atoms with E-state index in [2.05, 4.69) is 43.3 Å². The van der Waals surface area contributed by atoms with Crippen molar-refractivity contribution in [3.05, 3.63) is 34.3 Å². The van der Waals surface area contributed by atoms with Crippen LogP contribution in [0.3, 0.4) is 0 Å². The first kappa shape index (κ1) is 17.0. The van der Waals surface area contributed by atoms with Crippen LogP contribution in [0.1, 0.15) is 18.9 Å². The minimum Gasteiger partial charge on any atom is -0.382 e. The summed E-state index contributed by atoms with van der Waals surface area (Å²) in [6.45, 7) is 5.25. The molecule has 0 aliphatic heterocycles. The normalized spacial score (nSPS) is 11.5. The quantitative estimate of drug-likeness (QED) is 0.470. The summed E-state index contributed by atoms with van der Waals surface area (Å²) >= 11 is 3.57. The van der Waals surface area contributed by atoms with Gasteiger partial charge in [0.05, 0.1) is 0 Å². The number of halogens is 1. The summed E-state index contributed by atoms with van der Waals surface area (Å²) < 4.78 is 6.44. The minimum absolute atomic E-state index is 0.774. The van der Waals surface area contributed by atoms with Crippen LogP contribution in [-0.4, -0.2) is 44.7 Å². The van der Waals surface area contributed by atoms with E-state index in [-0.39, 0.29) is 0 Å². The molecule has 5 heteroatoms. The molecule has 0 aliphatic carbocycles. The van der Waals surface area contributed by atoms with Gasteiger partial charge in [-0.05, 0) is 25.0 Å². The summed E-state index contributed by atoms with van der Waals surface area (Å²) in [7, 11) is 3.85. The van der Waals surface area contributed by atoms with E-state index in [0.29, 0.717) is 0 Å². The molecule has 0 heterocycles. The molecule has 0 saturated carbocycles. The molecular weight excluding hydrogens is 318 g/mol. The maximum absolute atomic E-state index is 5.32. The Morgan fingerprint density at radius 1 is 1.40 bits per heavy atom. The Kier molecular flexibility index (Phi) is 8.30. The van der Waals surface area contributed by atoms with Gasteiger partial charge in [-0.15, -0.1) is 0 Å². The van der Waals surface area contributed by atoms with E-state index < -0.39 is 0 Å². The largest absolute Gasteiger partial charge is 0.382 e. The fourth-order valence-electron chi connectivity index (χ4n) is 1.86. The maximum Gasteiger partial charge on any atom is 0.193 e. The molecule has 0 amide bonds. The van der Waals surface area contributed by atoms with Gasteiger partial charge in [0, 0.05) is 44.9 Å². The second-order valence-electron chi connectivity index (χ2n) is 4.47. The van der Waals surface area contributed by atoms with Crippen molar-refractivity contribution in [2.75, 3.05) is 33.9 Å². The van der Waals surface area contributed by atoms with Crippen LogP contribution in [0.2, 0.25) is 0 Å². The summed E-state index contributed by atoms with van der Waals surface area (Å²) in [5.74, 6) is 0.900. The van der Waals surface area contributed by atoms with E-state index in [1.165, 1.54) is 5.56 Å². The van der Waals surface area contributed by atoms with E-state index in [1.54, 1.807) is 7.05 Å². The number of rotatable bonds is 7. The Hall–Kier alpha value is -1.07. The van der Waals surface area contributed by atoms with Crippen LogP contribution in [0.4, 0.5) is 0 Å². The number of hydrogen-bond donors (Lipinski definition) is 1. The highest BCUT2D eigenvalue weighted by molar-refractivity contribution is 9.10. The number of benzene rings is 1. The van der Waals surface area contributed by atoms with E-state index in [0.717, 1.165) is 43.2 Å². The molecule has 1 N–H and O–H groups in total. The third kappa shape index (κ3) is 5.92. The summed E-state index contributed by atoms with van der Waals surface area (Å²) in [5.41, 5.74) is 1.24. The summed E-state index contributed by atoms with van der Waals surface area (Å²) in [4.78, 5) is 6.42. The van der Waals surface area contributed by atoms with Crippen molar-refractivity contribution in [3.63, 3.8) is 0 Å². The zero-order valence-corrected chi connectivity index (χ0v) is 14.1. The van der Waals surface area contributed by atoms with Crippen molar-refractivity contribution in [1.29, 1.82) is 0 Å². The van der Waals surface area contributed by atoms with Gasteiger partial charge in [-0.2, -0.15) is 0 Å². The lowest BCUT2D eigenvalue weighted by atomic mass is 10.2. The standard InChI is InChI=1S/C15H24BrN3O/c1-4-20-11-7-10-18-15(17-2)19(3)12-13-8-5-6-9-14(13)16/h5-6,8-9H,4,7,10-12H2,1-3H3,(H,17,18). The van der Waals surface area contributed by atoms with Gasteiger partial charge in [0.1, 0.15) is 0 Å². The fourth-order valence-corrected chi connectivity index (χ4v) is 2.27. The Balaban J connectivity index is 2.43. The minimum atomic E-state index is 0.774. The third-order valence-electron chi connectivity index (χ3n) is 2.89. The average molecular weight is 342 g/mol. The predicted octanol–water partition coefficient (Wildman–Crippen LogP) is 2.88. The molecule has 0 aliphatic rings. The molecule has 20 heavy (non-hydrogen) atoms. The summed E-state index contributed by atoms with van der Waals surface area (Å²) in [6.07, 6.45) is 0.982. The SMILES string of the molecule is CCOCCCNC(=NC)N(C)Cc1ccccc1Br. The number of aliphatic imine (C=N–C) groups is 1. The third-order valence-corrected chi connectivity index (χ3v) is 3.67. The smallest absolute Gasteiger partial charge is 0.193 e. The van der Waals surface area contributed by atoms with Gasteiger partial charge in [0.2, 0.25) is 0 Å². The van der Waals surface area contributed by atoms with Crippen LogP contribution in [0, 0.1) is 0 Å². The lowest BCUT2D eigenvalue weighted by Crippen LogP contribution is -2.39. The zero-order valence-electron chi connectivity index (χ0n) is 12.5. The van der Waals surface area contributed by atoms with Crippen molar-refractivity contribution < 1.29 is 4.74 Å². The van der Waals surface area contributed by atoms with Crippen molar-refractivity contribution in [3.8, 4) is 0 Å². The highest BCUT2D eigenvalue weighted by Crippen LogP contribution is 2.17. The van der Waals surface area contributed by atoms with E-state index >= 15 is 0 Å². The second kappa shape index (κ2) is 9.77. The Morgan fingerprint density at radius 3 is 2.80 bits per heavy atom. The second-order valence-corrected chi connectivity index (χ2v) is 5.33. The molecule has 4 nitrogen and oxygen atoms in total. The van der Waals surface area contributed by atoms with Crippen LogP contribution in [0.25, 0.3) is 0 Å². The van der Waals surface area contributed by atoms with Crippen molar-refractivity contribution in [1.82, 2.24) is 10.2 Å². The number of hydrogen-bond acceptors (Lipinski definition) is 2. The Labute approximate surface area is 130 Å². The molecule has 0 bridgehead atoms. The van der Waals surface area contributed by atoms with Crippen LogP contribution < -0.4 is 5.32 Å². The molecule has 1 aromatic carbocycles. The highest BCUT2D eigenvalue weighted by atomic mass is 79.9. The number of guanidine groups is 1. The van der Waals surface area contributed by atoms with E-state index in [9.17, 15) is 0 Å².